The van der Waals surface area contributed by atoms with E-state index in [2.05, 4.69) is 30.8 Å². The topological polar surface area (TPSA) is 66.8 Å². The maximum atomic E-state index is 12.8. The van der Waals surface area contributed by atoms with Crippen molar-refractivity contribution in [3.8, 4) is 11.1 Å². The van der Waals surface area contributed by atoms with Gasteiger partial charge >= 0.3 is 12.1 Å². The summed E-state index contributed by atoms with van der Waals surface area (Å²) in [5.41, 5.74) is 3.34. The highest BCUT2D eigenvalue weighted by Gasteiger charge is 2.50. The van der Waals surface area contributed by atoms with Crippen LogP contribution in [0.15, 0.2) is 61.2 Å². The van der Waals surface area contributed by atoms with Gasteiger partial charge in [0, 0.05) is 12.5 Å². The molecule has 144 valence electrons. The molecule has 5 heteroatoms. The highest BCUT2D eigenvalue weighted by molar-refractivity contribution is 5.85. The van der Waals surface area contributed by atoms with E-state index >= 15 is 0 Å². The molecule has 4 rings (SSSR count). The number of carboxylic acids is 1. The van der Waals surface area contributed by atoms with E-state index in [1.54, 1.807) is 6.08 Å². The maximum Gasteiger partial charge on any atom is 0.410 e. The highest BCUT2D eigenvalue weighted by atomic mass is 16.6. The first-order valence-corrected chi connectivity index (χ1v) is 9.55. The number of hydrogen-bond donors (Lipinski definition) is 1. The fraction of sp³-hybridized carbons (Fsp3) is 0.304. The number of carbonyl (C=O) groups is 2. The first kappa shape index (κ1) is 18.3. The number of amides is 1. The molecule has 5 nitrogen and oxygen atoms in total. The van der Waals surface area contributed by atoms with Crippen LogP contribution in [0.4, 0.5) is 4.79 Å². The summed E-state index contributed by atoms with van der Waals surface area (Å²) in [7, 11) is 0. The zero-order valence-electron chi connectivity index (χ0n) is 15.6. The Kier molecular flexibility index (Phi) is 4.67. The number of aliphatic carboxylic acids is 1. The molecule has 2 aliphatic rings. The number of carbonyl (C=O) groups excluding carboxylic acids is 1. The van der Waals surface area contributed by atoms with Crippen LogP contribution in [0.1, 0.15) is 36.3 Å². The van der Waals surface area contributed by atoms with Gasteiger partial charge in [-0.15, -0.1) is 6.58 Å². The quantitative estimate of drug-likeness (QED) is 0.783. The molecule has 0 radical (unpaired) electrons. The van der Waals surface area contributed by atoms with Gasteiger partial charge in [0.2, 0.25) is 0 Å². The number of fused-ring (bicyclic) bond motifs is 3. The smallest absolute Gasteiger partial charge is 0.410 e. The Balaban J connectivity index is 1.56. The van der Waals surface area contributed by atoms with E-state index in [0.29, 0.717) is 19.4 Å². The van der Waals surface area contributed by atoms with E-state index < -0.39 is 17.6 Å². The van der Waals surface area contributed by atoms with E-state index in [4.69, 9.17) is 4.74 Å². The van der Waals surface area contributed by atoms with E-state index in [9.17, 15) is 14.7 Å². The molecule has 1 saturated heterocycles. The van der Waals surface area contributed by atoms with Crippen LogP contribution in [0.5, 0.6) is 0 Å². The summed E-state index contributed by atoms with van der Waals surface area (Å²) in [5, 5.41) is 9.76. The summed E-state index contributed by atoms with van der Waals surface area (Å²) in [6, 6.07) is 16.3. The molecule has 0 bridgehead atoms. The number of hydrogen-bond acceptors (Lipinski definition) is 3. The summed E-state index contributed by atoms with van der Waals surface area (Å²) in [4.78, 5) is 26.1. The summed E-state index contributed by atoms with van der Waals surface area (Å²) in [6.07, 6.45) is 2.27. The summed E-state index contributed by atoms with van der Waals surface area (Å²) < 4.78 is 5.66. The Morgan fingerprint density at radius 1 is 1.14 bits per heavy atom. The number of ether oxygens (including phenoxy) is 1. The van der Waals surface area contributed by atoms with Crippen molar-refractivity contribution in [1.29, 1.82) is 0 Å². The third kappa shape index (κ3) is 2.78. The zero-order valence-corrected chi connectivity index (χ0v) is 15.6. The number of rotatable bonds is 5. The molecule has 0 saturated carbocycles. The van der Waals surface area contributed by atoms with Crippen molar-refractivity contribution in [2.45, 2.75) is 30.7 Å². The number of nitrogens with zero attached hydrogens (tertiary/aromatic N) is 1. The van der Waals surface area contributed by atoms with Crippen molar-refractivity contribution in [1.82, 2.24) is 4.90 Å². The van der Waals surface area contributed by atoms with Crippen molar-refractivity contribution in [2.24, 2.45) is 0 Å². The average molecular weight is 377 g/mol. The molecule has 1 N–H and O–H groups in total. The lowest BCUT2D eigenvalue weighted by atomic mass is 9.92. The lowest BCUT2D eigenvalue weighted by Gasteiger charge is -2.33. The SMILES string of the molecule is C=CC[C@@]1(C(=O)O)CCCN1C(=O)OCC1c2ccccc2-c2ccccc21. The fourth-order valence-electron chi connectivity index (χ4n) is 4.58. The third-order valence-corrected chi connectivity index (χ3v) is 5.93. The van der Waals surface area contributed by atoms with Gasteiger partial charge < -0.3 is 9.84 Å². The first-order chi connectivity index (χ1) is 13.6. The van der Waals surface area contributed by atoms with Crippen LogP contribution in [0.2, 0.25) is 0 Å². The lowest BCUT2D eigenvalue weighted by Crippen LogP contribution is -2.53. The van der Waals surface area contributed by atoms with Crippen molar-refractivity contribution in [3.05, 3.63) is 72.3 Å². The van der Waals surface area contributed by atoms with Crippen LogP contribution in [-0.4, -0.2) is 40.8 Å². The van der Waals surface area contributed by atoms with Gasteiger partial charge in [0.1, 0.15) is 12.1 Å². The summed E-state index contributed by atoms with van der Waals surface area (Å²) in [6.45, 7) is 4.24. The molecular weight excluding hydrogens is 354 g/mol. The van der Waals surface area contributed by atoms with E-state index in [0.717, 1.165) is 22.3 Å². The zero-order chi connectivity index (χ0) is 19.7. The second-order valence-corrected chi connectivity index (χ2v) is 7.39. The van der Waals surface area contributed by atoms with Crippen LogP contribution in [0.3, 0.4) is 0 Å². The normalized spacial score (nSPS) is 20.5. The minimum atomic E-state index is -1.25. The van der Waals surface area contributed by atoms with Crippen molar-refractivity contribution < 1.29 is 19.4 Å². The summed E-state index contributed by atoms with van der Waals surface area (Å²) in [5.74, 6) is -1.05. The average Bonchev–Trinajstić information content (AvgIpc) is 3.27. The predicted molar refractivity (Wildman–Crippen MR) is 106 cm³/mol. The largest absolute Gasteiger partial charge is 0.479 e. The minimum Gasteiger partial charge on any atom is -0.479 e. The number of likely N-dealkylation sites (tertiary alicyclic amines) is 1. The molecule has 1 heterocycles. The van der Waals surface area contributed by atoms with E-state index in [-0.39, 0.29) is 18.9 Å². The van der Waals surface area contributed by atoms with Crippen molar-refractivity contribution >= 4 is 12.1 Å². The molecule has 2 aromatic rings. The Labute approximate surface area is 164 Å². The van der Waals surface area contributed by atoms with Gasteiger partial charge in [-0.25, -0.2) is 9.59 Å². The summed E-state index contributed by atoms with van der Waals surface area (Å²) >= 11 is 0. The van der Waals surface area contributed by atoms with Crippen LogP contribution in [-0.2, 0) is 9.53 Å². The lowest BCUT2D eigenvalue weighted by molar-refractivity contribution is -0.148. The van der Waals surface area contributed by atoms with Gasteiger partial charge in [-0.3, -0.25) is 4.90 Å². The van der Waals surface area contributed by atoms with Crippen molar-refractivity contribution in [3.63, 3.8) is 0 Å². The monoisotopic (exact) mass is 377 g/mol. The van der Waals surface area contributed by atoms with Gasteiger partial charge in [-0.1, -0.05) is 54.6 Å². The number of carboxylic acid groups (broad SMARTS) is 1. The predicted octanol–water partition coefficient (Wildman–Crippen LogP) is 4.43. The Morgan fingerprint density at radius 3 is 2.32 bits per heavy atom. The molecule has 0 spiro atoms. The van der Waals surface area contributed by atoms with Gasteiger partial charge in [0.05, 0.1) is 0 Å². The first-order valence-electron chi connectivity index (χ1n) is 9.55. The molecule has 1 fully saturated rings. The molecule has 1 atom stereocenters. The van der Waals surface area contributed by atoms with Gasteiger partial charge in [0.25, 0.3) is 0 Å². The Hall–Kier alpha value is -3.08. The van der Waals surface area contributed by atoms with Gasteiger partial charge in [0.15, 0.2) is 0 Å². The van der Waals surface area contributed by atoms with E-state index in [1.807, 2.05) is 24.3 Å². The van der Waals surface area contributed by atoms with Crippen LogP contribution >= 0.6 is 0 Å². The molecule has 1 aliphatic heterocycles. The van der Waals surface area contributed by atoms with Crippen molar-refractivity contribution in [2.75, 3.05) is 13.2 Å². The van der Waals surface area contributed by atoms with Crippen LogP contribution in [0.25, 0.3) is 11.1 Å². The maximum absolute atomic E-state index is 12.8. The second kappa shape index (κ2) is 7.15. The van der Waals surface area contributed by atoms with Gasteiger partial charge in [-0.2, -0.15) is 0 Å². The Bertz CT molecular complexity index is 892. The Morgan fingerprint density at radius 2 is 1.75 bits per heavy atom. The van der Waals surface area contributed by atoms with E-state index in [1.165, 1.54) is 4.90 Å². The third-order valence-electron chi connectivity index (χ3n) is 5.93. The minimum absolute atomic E-state index is 0.0439. The molecule has 0 aromatic heterocycles. The molecule has 1 aliphatic carbocycles. The second-order valence-electron chi connectivity index (χ2n) is 7.39. The van der Waals surface area contributed by atoms with Crippen LogP contribution in [0, 0.1) is 0 Å². The number of benzene rings is 2. The highest BCUT2D eigenvalue weighted by Crippen LogP contribution is 2.44. The van der Waals surface area contributed by atoms with Gasteiger partial charge in [-0.05, 0) is 41.5 Å². The molecule has 2 aromatic carbocycles. The molecule has 28 heavy (non-hydrogen) atoms. The standard InChI is InChI=1S/C23H23NO4/c1-2-12-23(21(25)26)13-7-14-24(23)22(27)28-15-20-18-10-5-3-8-16(18)17-9-4-6-11-19(17)20/h2-6,8-11,20H,1,7,12-15H2,(H,25,26)/t23-/m0/s1. The molecule has 0 unspecified atom stereocenters. The molecular formula is C23H23NO4. The van der Waals surface area contributed by atoms with Crippen LogP contribution < -0.4 is 0 Å². The fourth-order valence-corrected chi connectivity index (χ4v) is 4.58. The molecule has 1 amide bonds.